The van der Waals surface area contributed by atoms with Gasteiger partial charge in [-0.15, -0.1) is 0 Å². The first-order chi connectivity index (χ1) is 13.3. The molecule has 0 radical (unpaired) electrons. The maximum atomic E-state index is 12.7. The SMILES string of the molecule is O=C(CN1CCCCCC1=O)N1CCCN(c2ccc(C(F)(F)F)cn2)CC1. The number of nitrogens with zero attached hydrogens (tertiary/aromatic N) is 4. The van der Waals surface area contributed by atoms with E-state index in [2.05, 4.69) is 4.98 Å². The number of amides is 2. The maximum absolute atomic E-state index is 12.7. The highest BCUT2D eigenvalue weighted by Gasteiger charge is 2.31. The van der Waals surface area contributed by atoms with Crippen LogP contribution >= 0.6 is 0 Å². The van der Waals surface area contributed by atoms with E-state index in [1.165, 1.54) is 6.07 Å². The number of halogens is 3. The standard InChI is InChI=1S/C19H25F3N4O2/c20-19(21,22)15-6-7-16(23-13-15)24-9-4-10-25(12-11-24)18(28)14-26-8-3-1-2-5-17(26)27/h6-7,13H,1-5,8-12,14H2. The zero-order valence-corrected chi connectivity index (χ0v) is 15.7. The monoisotopic (exact) mass is 398 g/mol. The van der Waals surface area contributed by atoms with Crippen LogP contribution in [0, 0.1) is 0 Å². The third kappa shape index (κ3) is 5.14. The van der Waals surface area contributed by atoms with Crippen LogP contribution in [0.3, 0.4) is 0 Å². The summed E-state index contributed by atoms with van der Waals surface area (Å²) in [6, 6.07) is 2.40. The van der Waals surface area contributed by atoms with E-state index in [1.54, 1.807) is 9.80 Å². The first kappa shape index (κ1) is 20.4. The molecule has 2 aliphatic rings. The highest BCUT2D eigenvalue weighted by molar-refractivity contribution is 5.85. The van der Waals surface area contributed by atoms with Crippen LogP contribution in [0.5, 0.6) is 0 Å². The van der Waals surface area contributed by atoms with E-state index in [-0.39, 0.29) is 18.4 Å². The van der Waals surface area contributed by atoms with E-state index in [0.717, 1.165) is 31.5 Å². The summed E-state index contributed by atoms with van der Waals surface area (Å²) < 4.78 is 38.1. The first-order valence-electron chi connectivity index (χ1n) is 9.68. The van der Waals surface area contributed by atoms with Crippen molar-refractivity contribution in [3.63, 3.8) is 0 Å². The summed E-state index contributed by atoms with van der Waals surface area (Å²) >= 11 is 0. The molecule has 0 aromatic carbocycles. The second kappa shape index (κ2) is 8.79. The van der Waals surface area contributed by atoms with Gasteiger partial charge in [0, 0.05) is 45.3 Å². The van der Waals surface area contributed by atoms with Crippen molar-refractivity contribution >= 4 is 17.6 Å². The molecule has 2 aliphatic heterocycles. The summed E-state index contributed by atoms with van der Waals surface area (Å²) in [5, 5.41) is 0. The maximum Gasteiger partial charge on any atom is 0.417 e. The molecule has 0 unspecified atom stereocenters. The van der Waals surface area contributed by atoms with Crippen LogP contribution in [0.4, 0.5) is 19.0 Å². The van der Waals surface area contributed by atoms with Gasteiger partial charge in [0.25, 0.3) is 0 Å². The highest BCUT2D eigenvalue weighted by Crippen LogP contribution is 2.29. The molecule has 2 saturated heterocycles. The highest BCUT2D eigenvalue weighted by atomic mass is 19.4. The van der Waals surface area contributed by atoms with Crippen LogP contribution in [0.1, 0.15) is 37.7 Å². The van der Waals surface area contributed by atoms with E-state index in [0.29, 0.717) is 51.4 Å². The number of anilines is 1. The summed E-state index contributed by atoms with van der Waals surface area (Å²) in [7, 11) is 0. The number of hydrogen-bond donors (Lipinski definition) is 0. The minimum absolute atomic E-state index is 0.0382. The Labute approximate surface area is 162 Å². The van der Waals surface area contributed by atoms with Crippen molar-refractivity contribution in [2.75, 3.05) is 44.2 Å². The molecule has 3 heterocycles. The molecule has 6 nitrogen and oxygen atoms in total. The number of aromatic nitrogens is 1. The zero-order chi connectivity index (χ0) is 20.1. The quantitative estimate of drug-likeness (QED) is 0.785. The van der Waals surface area contributed by atoms with Gasteiger partial charge >= 0.3 is 6.18 Å². The molecule has 2 fully saturated rings. The lowest BCUT2D eigenvalue weighted by Crippen LogP contribution is -2.44. The molecular weight excluding hydrogens is 373 g/mol. The summed E-state index contributed by atoms with van der Waals surface area (Å²) in [6.45, 7) is 2.88. The molecular formula is C19H25F3N4O2. The number of carbonyl (C=O) groups excluding carboxylic acids is 2. The molecule has 0 atom stereocenters. The Morgan fingerprint density at radius 2 is 1.82 bits per heavy atom. The smallest absolute Gasteiger partial charge is 0.355 e. The fourth-order valence-electron chi connectivity index (χ4n) is 3.61. The van der Waals surface area contributed by atoms with E-state index in [9.17, 15) is 22.8 Å². The minimum Gasteiger partial charge on any atom is -0.355 e. The van der Waals surface area contributed by atoms with Gasteiger partial charge in [0.1, 0.15) is 5.82 Å². The second-order valence-electron chi connectivity index (χ2n) is 7.25. The van der Waals surface area contributed by atoms with Crippen LogP contribution in [-0.4, -0.2) is 65.9 Å². The number of carbonyl (C=O) groups is 2. The Hall–Kier alpha value is -2.32. The fraction of sp³-hybridized carbons (Fsp3) is 0.632. The Kier molecular flexibility index (Phi) is 6.41. The van der Waals surface area contributed by atoms with E-state index in [4.69, 9.17) is 0 Å². The molecule has 0 N–H and O–H groups in total. The molecule has 2 amide bonds. The molecule has 154 valence electrons. The van der Waals surface area contributed by atoms with Crippen LogP contribution < -0.4 is 4.90 Å². The van der Waals surface area contributed by atoms with Gasteiger partial charge < -0.3 is 14.7 Å². The molecule has 0 aliphatic carbocycles. The Bertz CT molecular complexity index is 693. The van der Waals surface area contributed by atoms with E-state index >= 15 is 0 Å². The molecule has 3 rings (SSSR count). The third-order valence-electron chi connectivity index (χ3n) is 5.25. The molecule has 28 heavy (non-hydrogen) atoms. The van der Waals surface area contributed by atoms with Crippen molar-refractivity contribution in [3.8, 4) is 0 Å². The first-order valence-corrected chi connectivity index (χ1v) is 9.68. The summed E-state index contributed by atoms with van der Waals surface area (Å²) in [6.07, 6.45) is 0.444. The Morgan fingerprint density at radius 1 is 1.00 bits per heavy atom. The average Bonchev–Trinajstić information content (AvgIpc) is 3.02. The number of pyridine rings is 1. The number of likely N-dealkylation sites (tertiary alicyclic amines) is 1. The van der Waals surface area contributed by atoms with Crippen LogP contribution in [0.15, 0.2) is 18.3 Å². The van der Waals surface area contributed by atoms with Crippen LogP contribution in [-0.2, 0) is 15.8 Å². The summed E-state index contributed by atoms with van der Waals surface area (Å²) in [5.74, 6) is 0.443. The molecule has 0 saturated carbocycles. The van der Waals surface area contributed by atoms with Crippen LogP contribution in [0.2, 0.25) is 0 Å². The van der Waals surface area contributed by atoms with Gasteiger partial charge in [-0.1, -0.05) is 6.42 Å². The Balaban J connectivity index is 1.57. The van der Waals surface area contributed by atoms with Crippen molar-refractivity contribution in [2.24, 2.45) is 0 Å². The predicted octanol–water partition coefficient (Wildman–Crippen LogP) is 2.54. The van der Waals surface area contributed by atoms with Crippen LogP contribution in [0.25, 0.3) is 0 Å². The van der Waals surface area contributed by atoms with Gasteiger partial charge in [0.15, 0.2) is 0 Å². The predicted molar refractivity (Wildman–Crippen MR) is 97.7 cm³/mol. The van der Waals surface area contributed by atoms with Crippen molar-refractivity contribution in [1.29, 1.82) is 0 Å². The largest absolute Gasteiger partial charge is 0.417 e. The Morgan fingerprint density at radius 3 is 2.54 bits per heavy atom. The minimum atomic E-state index is -4.40. The van der Waals surface area contributed by atoms with E-state index in [1.807, 2.05) is 4.90 Å². The van der Waals surface area contributed by atoms with Gasteiger partial charge in [-0.3, -0.25) is 9.59 Å². The normalized spacial score (nSPS) is 19.4. The van der Waals surface area contributed by atoms with E-state index < -0.39 is 11.7 Å². The molecule has 0 spiro atoms. The molecule has 0 bridgehead atoms. The van der Waals surface area contributed by atoms with Crippen molar-refractivity contribution < 1.29 is 22.8 Å². The summed E-state index contributed by atoms with van der Waals surface area (Å²) in [5.41, 5.74) is -0.773. The fourth-order valence-corrected chi connectivity index (χ4v) is 3.61. The van der Waals surface area contributed by atoms with Crippen molar-refractivity contribution in [1.82, 2.24) is 14.8 Å². The number of hydrogen-bond acceptors (Lipinski definition) is 4. The number of rotatable bonds is 3. The summed E-state index contributed by atoms with van der Waals surface area (Å²) in [4.78, 5) is 34.0. The third-order valence-corrected chi connectivity index (χ3v) is 5.25. The lowest BCUT2D eigenvalue weighted by molar-refractivity contribution is -0.140. The van der Waals surface area contributed by atoms with Crippen molar-refractivity contribution in [3.05, 3.63) is 23.9 Å². The second-order valence-corrected chi connectivity index (χ2v) is 7.25. The molecule has 1 aromatic heterocycles. The van der Waals surface area contributed by atoms with Crippen molar-refractivity contribution in [2.45, 2.75) is 38.3 Å². The lowest BCUT2D eigenvalue weighted by atomic mass is 10.2. The zero-order valence-electron chi connectivity index (χ0n) is 15.7. The van der Waals surface area contributed by atoms with Gasteiger partial charge in [-0.2, -0.15) is 13.2 Å². The topological polar surface area (TPSA) is 56.8 Å². The number of alkyl halides is 3. The lowest BCUT2D eigenvalue weighted by Gasteiger charge is -2.26. The average molecular weight is 398 g/mol. The van der Waals surface area contributed by atoms with Gasteiger partial charge in [-0.05, 0) is 31.4 Å². The van der Waals surface area contributed by atoms with Gasteiger partial charge in [-0.25, -0.2) is 4.98 Å². The van der Waals surface area contributed by atoms with Gasteiger partial charge in [0.2, 0.25) is 11.8 Å². The molecule has 1 aromatic rings. The molecule has 9 heteroatoms. The van der Waals surface area contributed by atoms with Gasteiger partial charge in [0.05, 0.1) is 12.1 Å².